The second-order valence-electron chi connectivity index (χ2n) is 5.74. The van der Waals surface area contributed by atoms with Crippen molar-refractivity contribution in [3.63, 3.8) is 0 Å². The smallest absolute Gasteiger partial charge is 0.303 e. The van der Waals surface area contributed by atoms with Crippen molar-refractivity contribution in [3.05, 3.63) is 36.5 Å². The van der Waals surface area contributed by atoms with Crippen molar-refractivity contribution in [1.82, 2.24) is 0 Å². The predicted octanol–water partition coefficient (Wildman–Crippen LogP) is 4.80. The Hall–Kier alpha value is -1.97. The van der Waals surface area contributed by atoms with Crippen molar-refractivity contribution in [2.75, 3.05) is 0 Å². The van der Waals surface area contributed by atoms with Gasteiger partial charge < -0.3 is 5.11 Å². The number of aliphatic carboxylic acids is 1. The highest BCUT2D eigenvalue weighted by Gasteiger charge is 2.01. The van der Waals surface area contributed by atoms with Crippen LogP contribution in [0.3, 0.4) is 0 Å². The van der Waals surface area contributed by atoms with Crippen LogP contribution < -0.4 is 0 Å². The fourth-order valence-electron chi connectivity index (χ4n) is 2.00. The lowest BCUT2D eigenvalue weighted by Crippen LogP contribution is -1.98. The average molecular weight is 334 g/mol. The molecule has 0 spiro atoms. The molecule has 0 aromatic carbocycles. The van der Waals surface area contributed by atoms with Crippen LogP contribution >= 0.6 is 0 Å². The summed E-state index contributed by atoms with van der Waals surface area (Å²) in [6.07, 6.45) is 17.4. The minimum Gasteiger partial charge on any atom is -0.481 e. The van der Waals surface area contributed by atoms with Crippen LogP contribution in [0.4, 0.5) is 0 Å². The SMILES string of the molecule is CCCC=CCC(=O)CCC=CC=CCC(=O)CCCCC(=O)O. The van der Waals surface area contributed by atoms with Crippen molar-refractivity contribution in [3.8, 4) is 0 Å². The van der Waals surface area contributed by atoms with Gasteiger partial charge in [0.2, 0.25) is 0 Å². The molecule has 134 valence electrons. The number of carbonyl (C=O) groups excluding carboxylic acids is 2. The van der Waals surface area contributed by atoms with E-state index in [2.05, 4.69) is 13.0 Å². The van der Waals surface area contributed by atoms with Gasteiger partial charge in [0, 0.05) is 32.1 Å². The number of allylic oxidation sites excluding steroid dienone is 6. The van der Waals surface area contributed by atoms with Crippen LogP contribution in [0.1, 0.15) is 71.1 Å². The number of hydrogen-bond donors (Lipinski definition) is 1. The van der Waals surface area contributed by atoms with Crippen LogP contribution in [0, 0.1) is 0 Å². The number of ketones is 2. The lowest BCUT2D eigenvalue weighted by Gasteiger charge is -1.96. The molecule has 0 saturated carbocycles. The number of unbranched alkanes of at least 4 members (excludes halogenated alkanes) is 2. The first kappa shape index (κ1) is 22.0. The van der Waals surface area contributed by atoms with Gasteiger partial charge in [0.1, 0.15) is 11.6 Å². The summed E-state index contributed by atoms with van der Waals surface area (Å²) in [5, 5.41) is 8.49. The second kappa shape index (κ2) is 15.9. The fraction of sp³-hybridized carbons (Fsp3) is 0.550. The third kappa shape index (κ3) is 16.4. The molecule has 0 aromatic heterocycles. The molecule has 0 aromatic rings. The molecule has 0 unspecified atom stereocenters. The lowest BCUT2D eigenvalue weighted by atomic mass is 10.1. The van der Waals surface area contributed by atoms with E-state index in [-0.39, 0.29) is 18.0 Å². The van der Waals surface area contributed by atoms with E-state index in [4.69, 9.17) is 5.11 Å². The monoisotopic (exact) mass is 334 g/mol. The summed E-state index contributed by atoms with van der Waals surface area (Å²) in [6, 6.07) is 0. The van der Waals surface area contributed by atoms with E-state index in [0.29, 0.717) is 44.9 Å². The molecule has 0 aliphatic rings. The zero-order valence-corrected chi connectivity index (χ0v) is 14.7. The first-order valence-corrected chi connectivity index (χ1v) is 8.78. The molecule has 0 fully saturated rings. The third-order valence-electron chi connectivity index (χ3n) is 3.38. The van der Waals surface area contributed by atoms with Gasteiger partial charge >= 0.3 is 5.97 Å². The Bertz CT molecular complexity index is 458. The van der Waals surface area contributed by atoms with Crippen molar-refractivity contribution in [2.45, 2.75) is 71.1 Å². The molecule has 0 bridgehead atoms. The molecule has 0 rings (SSSR count). The van der Waals surface area contributed by atoms with Gasteiger partial charge in [0.05, 0.1) is 0 Å². The van der Waals surface area contributed by atoms with E-state index in [1.54, 1.807) is 6.08 Å². The van der Waals surface area contributed by atoms with Crippen LogP contribution in [0.2, 0.25) is 0 Å². The Kier molecular flexibility index (Phi) is 14.6. The van der Waals surface area contributed by atoms with Crippen LogP contribution in [0.15, 0.2) is 36.5 Å². The molecule has 0 aliphatic carbocycles. The molecule has 0 atom stereocenters. The predicted molar refractivity (Wildman–Crippen MR) is 96.9 cm³/mol. The average Bonchev–Trinajstić information content (AvgIpc) is 2.54. The highest BCUT2D eigenvalue weighted by atomic mass is 16.4. The van der Waals surface area contributed by atoms with E-state index in [9.17, 15) is 14.4 Å². The number of Topliss-reactive ketones (excluding diaryl/α,β-unsaturated/α-hetero) is 2. The lowest BCUT2D eigenvalue weighted by molar-refractivity contribution is -0.137. The zero-order chi connectivity index (χ0) is 18.0. The summed E-state index contributed by atoms with van der Waals surface area (Å²) in [5.74, 6) is -0.449. The van der Waals surface area contributed by atoms with Crippen LogP contribution in [-0.2, 0) is 14.4 Å². The largest absolute Gasteiger partial charge is 0.481 e. The number of hydrogen-bond acceptors (Lipinski definition) is 3. The maximum absolute atomic E-state index is 11.6. The van der Waals surface area contributed by atoms with Crippen molar-refractivity contribution >= 4 is 17.5 Å². The highest BCUT2D eigenvalue weighted by molar-refractivity contribution is 5.80. The summed E-state index contributed by atoms with van der Waals surface area (Å²) in [4.78, 5) is 33.4. The van der Waals surface area contributed by atoms with Gasteiger partial charge in [-0.3, -0.25) is 14.4 Å². The number of rotatable bonds is 15. The molecule has 0 radical (unpaired) electrons. The maximum Gasteiger partial charge on any atom is 0.303 e. The summed E-state index contributed by atoms with van der Waals surface area (Å²) >= 11 is 0. The summed E-state index contributed by atoms with van der Waals surface area (Å²) < 4.78 is 0. The molecule has 1 N–H and O–H groups in total. The third-order valence-corrected chi connectivity index (χ3v) is 3.38. The Morgan fingerprint density at radius 3 is 2.08 bits per heavy atom. The Balaban J connectivity index is 3.65. The standard InChI is InChI=1S/C20H30O4/c1-2-3-4-8-13-18(21)14-9-6-5-7-10-15-19(22)16-11-12-17-20(23)24/h4-8,10H,2-3,9,11-17H2,1H3,(H,23,24). The summed E-state index contributed by atoms with van der Waals surface area (Å²) in [7, 11) is 0. The van der Waals surface area contributed by atoms with Gasteiger partial charge in [-0.05, 0) is 25.7 Å². The molecule has 4 nitrogen and oxygen atoms in total. The van der Waals surface area contributed by atoms with Crippen LogP contribution in [-0.4, -0.2) is 22.6 Å². The molecule has 0 aliphatic heterocycles. The van der Waals surface area contributed by atoms with Gasteiger partial charge in [-0.1, -0.05) is 49.8 Å². The normalized spacial score (nSPS) is 11.7. The van der Waals surface area contributed by atoms with Crippen molar-refractivity contribution in [1.29, 1.82) is 0 Å². The summed E-state index contributed by atoms with van der Waals surface area (Å²) in [6.45, 7) is 2.11. The van der Waals surface area contributed by atoms with Crippen molar-refractivity contribution < 1.29 is 19.5 Å². The van der Waals surface area contributed by atoms with Crippen LogP contribution in [0.25, 0.3) is 0 Å². The molecule has 0 amide bonds. The molecular formula is C20H30O4. The first-order valence-electron chi connectivity index (χ1n) is 8.78. The minimum absolute atomic E-state index is 0.124. The maximum atomic E-state index is 11.6. The Morgan fingerprint density at radius 1 is 0.750 bits per heavy atom. The number of carboxylic acid groups (broad SMARTS) is 1. The minimum atomic E-state index is -0.817. The van der Waals surface area contributed by atoms with E-state index >= 15 is 0 Å². The van der Waals surface area contributed by atoms with E-state index in [1.807, 2.05) is 24.3 Å². The second-order valence-corrected chi connectivity index (χ2v) is 5.74. The summed E-state index contributed by atoms with van der Waals surface area (Å²) in [5.41, 5.74) is 0. The fourth-order valence-corrected chi connectivity index (χ4v) is 2.00. The van der Waals surface area contributed by atoms with Gasteiger partial charge in [0.25, 0.3) is 0 Å². The highest BCUT2D eigenvalue weighted by Crippen LogP contribution is 2.03. The Morgan fingerprint density at radius 2 is 1.38 bits per heavy atom. The topological polar surface area (TPSA) is 71.4 Å². The number of carboxylic acids is 1. The van der Waals surface area contributed by atoms with Gasteiger partial charge in [-0.2, -0.15) is 0 Å². The molecule has 0 heterocycles. The van der Waals surface area contributed by atoms with Gasteiger partial charge in [0.15, 0.2) is 0 Å². The molecule has 4 heteroatoms. The quantitative estimate of drug-likeness (QED) is 0.265. The number of carbonyl (C=O) groups is 3. The van der Waals surface area contributed by atoms with E-state index < -0.39 is 5.97 Å². The molecule has 24 heavy (non-hydrogen) atoms. The van der Waals surface area contributed by atoms with Gasteiger partial charge in [-0.25, -0.2) is 0 Å². The van der Waals surface area contributed by atoms with Crippen molar-refractivity contribution in [2.24, 2.45) is 0 Å². The van der Waals surface area contributed by atoms with E-state index in [0.717, 1.165) is 12.8 Å². The van der Waals surface area contributed by atoms with E-state index in [1.165, 1.54) is 0 Å². The molecule has 0 saturated heterocycles. The zero-order valence-electron chi connectivity index (χ0n) is 14.7. The molecular weight excluding hydrogens is 304 g/mol. The van der Waals surface area contributed by atoms with Crippen LogP contribution in [0.5, 0.6) is 0 Å². The Labute approximate surface area is 145 Å². The first-order chi connectivity index (χ1) is 11.6. The van der Waals surface area contributed by atoms with Gasteiger partial charge in [-0.15, -0.1) is 0 Å².